The maximum atomic E-state index is 11.3. The largest absolute Gasteiger partial charge is 0.469 e. The second-order valence-electron chi connectivity index (χ2n) is 4.10. The Hall–Kier alpha value is -0.570. The van der Waals surface area contributed by atoms with Gasteiger partial charge in [0.15, 0.2) is 0 Å². The average molecular weight is 186 g/mol. The van der Waals surface area contributed by atoms with Crippen LogP contribution in [0.1, 0.15) is 33.1 Å². The molecule has 0 aromatic carbocycles. The van der Waals surface area contributed by atoms with Crippen molar-refractivity contribution in [2.24, 2.45) is 11.8 Å². The molecule has 1 aliphatic rings. The number of carbonyl (C=O) groups is 1. The van der Waals surface area contributed by atoms with Crippen LogP contribution in [-0.4, -0.2) is 23.8 Å². The van der Waals surface area contributed by atoms with Crippen LogP contribution in [0, 0.1) is 11.8 Å². The zero-order chi connectivity index (χ0) is 10.1. The van der Waals surface area contributed by atoms with E-state index in [-0.39, 0.29) is 11.9 Å². The van der Waals surface area contributed by atoms with Crippen molar-refractivity contribution in [3.63, 3.8) is 0 Å². The normalized spacial score (nSPS) is 34.9. The molecular formula is C10H18O3. The molecule has 0 amide bonds. The van der Waals surface area contributed by atoms with E-state index >= 15 is 0 Å². The van der Waals surface area contributed by atoms with Crippen LogP contribution in [0.5, 0.6) is 0 Å². The molecule has 0 bridgehead atoms. The number of carbonyl (C=O) groups excluding carboxylic acids is 1. The third kappa shape index (κ3) is 1.85. The van der Waals surface area contributed by atoms with Gasteiger partial charge < -0.3 is 9.84 Å². The molecule has 3 nitrogen and oxygen atoms in total. The molecule has 3 heteroatoms. The minimum atomic E-state index is -0.790. The van der Waals surface area contributed by atoms with Crippen molar-refractivity contribution in [1.29, 1.82) is 0 Å². The highest BCUT2D eigenvalue weighted by atomic mass is 16.5. The Morgan fingerprint density at radius 2 is 2.23 bits per heavy atom. The first-order valence-electron chi connectivity index (χ1n) is 4.83. The second kappa shape index (κ2) is 3.66. The molecular weight excluding hydrogens is 168 g/mol. The van der Waals surface area contributed by atoms with Crippen LogP contribution in [0.15, 0.2) is 0 Å². The minimum absolute atomic E-state index is 0.281. The Balaban J connectivity index is 2.61. The van der Waals surface area contributed by atoms with Gasteiger partial charge in [0.25, 0.3) is 0 Å². The lowest BCUT2D eigenvalue weighted by molar-refractivity contribution is -0.169. The summed E-state index contributed by atoms with van der Waals surface area (Å²) in [6.45, 7) is 3.99. The van der Waals surface area contributed by atoms with Crippen LogP contribution in [0.2, 0.25) is 0 Å². The van der Waals surface area contributed by atoms with Crippen molar-refractivity contribution >= 4 is 5.97 Å². The zero-order valence-electron chi connectivity index (χ0n) is 8.54. The van der Waals surface area contributed by atoms with Gasteiger partial charge in [-0.3, -0.25) is 4.79 Å². The summed E-state index contributed by atoms with van der Waals surface area (Å²) in [7, 11) is 1.37. The molecule has 0 aromatic heterocycles. The molecule has 1 saturated carbocycles. The van der Waals surface area contributed by atoms with E-state index in [1.54, 1.807) is 0 Å². The van der Waals surface area contributed by atoms with E-state index < -0.39 is 5.60 Å². The van der Waals surface area contributed by atoms with Crippen molar-refractivity contribution in [2.45, 2.75) is 38.7 Å². The Morgan fingerprint density at radius 3 is 2.54 bits per heavy atom. The molecule has 1 atom stereocenters. The van der Waals surface area contributed by atoms with Gasteiger partial charge in [0.2, 0.25) is 0 Å². The molecule has 0 aliphatic heterocycles. The van der Waals surface area contributed by atoms with Crippen LogP contribution in [-0.2, 0) is 9.53 Å². The fourth-order valence-electron chi connectivity index (χ4n) is 2.34. The second-order valence-corrected chi connectivity index (χ2v) is 4.10. The molecule has 1 rings (SSSR count). The molecule has 1 fully saturated rings. The highest BCUT2D eigenvalue weighted by Crippen LogP contribution is 2.44. The summed E-state index contributed by atoms with van der Waals surface area (Å²) in [5.41, 5.74) is -0.790. The summed E-state index contributed by atoms with van der Waals surface area (Å²) >= 11 is 0. The van der Waals surface area contributed by atoms with Gasteiger partial charge in [-0.1, -0.05) is 13.8 Å². The number of aliphatic hydroxyl groups is 1. The quantitative estimate of drug-likeness (QED) is 0.677. The van der Waals surface area contributed by atoms with E-state index in [0.29, 0.717) is 12.3 Å². The fraction of sp³-hybridized carbons (Fsp3) is 0.900. The van der Waals surface area contributed by atoms with Gasteiger partial charge in [-0.05, 0) is 25.2 Å². The third-order valence-corrected chi connectivity index (χ3v) is 2.95. The molecule has 0 spiro atoms. The molecule has 0 heterocycles. The summed E-state index contributed by atoms with van der Waals surface area (Å²) in [4.78, 5) is 11.3. The maximum absolute atomic E-state index is 11.3. The van der Waals surface area contributed by atoms with Crippen molar-refractivity contribution in [3.8, 4) is 0 Å². The first kappa shape index (κ1) is 10.5. The summed E-state index contributed by atoms with van der Waals surface area (Å²) in [6.07, 6.45) is 2.09. The Kier molecular flexibility index (Phi) is 2.96. The maximum Gasteiger partial charge on any atom is 0.311 e. The number of methoxy groups -OCH3 is 1. The summed E-state index contributed by atoms with van der Waals surface area (Å²) in [6, 6.07) is 0. The third-order valence-electron chi connectivity index (χ3n) is 2.95. The first-order valence-corrected chi connectivity index (χ1v) is 4.83. The van der Waals surface area contributed by atoms with Gasteiger partial charge in [-0.25, -0.2) is 0 Å². The zero-order valence-corrected chi connectivity index (χ0v) is 8.54. The monoisotopic (exact) mass is 186 g/mol. The van der Waals surface area contributed by atoms with Gasteiger partial charge in [-0.2, -0.15) is 0 Å². The molecule has 0 radical (unpaired) electrons. The molecule has 13 heavy (non-hydrogen) atoms. The van der Waals surface area contributed by atoms with Crippen molar-refractivity contribution < 1.29 is 14.6 Å². The number of ether oxygens (including phenoxy) is 1. The summed E-state index contributed by atoms with van der Waals surface area (Å²) in [5, 5.41) is 10.0. The SMILES string of the molecule is CCC(C(=O)OC)C1(O)CC(C)C1. The Labute approximate surface area is 79.1 Å². The first-order chi connectivity index (χ1) is 6.03. The van der Waals surface area contributed by atoms with Crippen LogP contribution < -0.4 is 0 Å². The molecule has 0 aromatic rings. The Bertz CT molecular complexity index is 194. The molecule has 1 aliphatic carbocycles. The number of hydrogen-bond donors (Lipinski definition) is 1. The van der Waals surface area contributed by atoms with E-state index in [2.05, 4.69) is 11.7 Å². The molecule has 0 saturated heterocycles. The standard InChI is InChI=1S/C10H18O3/c1-4-8(9(11)13-3)10(12)5-7(2)6-10/h7-8,12H,4-6H2,1-3H3. The van der Waals surface area contributed by atoms with E-state index in [1.165, 1.54) is 7.11 Å². The van der Waals surface area contributed by atoms with Crippen LogP contribution in [0.4, 0.5) is 0 Å². The lowest BCUT2D eigenvalue weighted by atomic mass is 9.64. The highest BCUT2D eigenvalue weighted by Gasteiger charge is 2.49. The van der Waals surface area contributed by atoms with E-state index in [1.807, 2.05) is 6.92 Å². The molecule has 76 valence electrons. The van der Waals surface area contributed by atoms with Crippen LogP contribution >= 0.6 is 0 Å². The van der Waals surface area contributed by atoms with Gasteiger partial charge >= 0.3 is 5.97 Å². The number of hydrogen-bond acceptors (Lipinski definition) is 3. The van der Waals surface area contributed by atoms with Crippen molar-refractivity contribution in [2.75, 3.05) is 7.11 Å². The molecule has 1 N–H and O–H groups in total. The fourth-order valence-corrected chi connectivity index (χ4v) is 2.34. The smallest absolute Gasteiger partial charge is 0.311 e. The number of rotatable bonds is 3. The van der Waals surface area contributed by atoms with E-state index in [9.17, 15) is 9.90 Å². The predicted octanol–water partition coefficient (Wildman–Crippen LogP) is 1.35. The highest BCUT2D eigenvalue weighted by molar-refractivity contribution is 5.73. The van der Waals surface area contributed by atoms with Gasteiger partial charge in [0.1, 0.15) is 0 Å². The summed E-state index contributed by atoms with van der Waals surface area (Å²) < 4.78 is 4.66. The van der Waals surface area contributed by atoms with Crippen molar-refractivity contribution in [1.82, 2.24) is 0 Å². The summed E-state index contributed by atoms with van der Waals surface area (Å²) in [5.74, 6) is -0.0886. The van der Waals surface area contributed by atoms with Crippen molar-refractivity contribution in [3.05, 3.63) is 0 Å². The van der Waals surface area contributed by atoms with Crippen LogP contribution in [0.25, 0.3) is 0 Å². The van der Waals surface area contributed by atoms with Gasteiger partial charge in [0.05, 0.1) is 18.6 Å². The lowest BCUT2D eigenvalue weighted by Crippen LogP contribution is -2.51. The Morgan fingerprint density at radius 1 is 1.69 bits per heavy atom. The number of esters is 1. The molecule has 1 unspecified atom stereocenters. The van der Waals surface area contributed by atoms with Crippen LogP contribution in [0.3, 0.4) is 0 Å². The predicted molar refractivity (Wildman–Crippen MR) is 49.1 cm³/mol. The van der Waals surface area contributed by atoms with E-state index in [0.717, 1.165) is 12.8 Å². The van der Waals surface area contributed by atoms with Gasteiger partial charge in [-0.15, -0.1) is 0 Å². The average Bonchev–Trinajstić information content (AvgIpc) is 2.02. The topological polar surface area (TPSA) is 46.5 Å². The van der Waals surface area contributed by atoms with Gasteiger partial charge in [0, 0.05) is 0 Å². The minimum Gasteiger partial charge on any atom is -0.469 e. The van der Waals surface area contributed by atoms with E-state index in [4.69, 9.17) is 0 Å². The lowest BCUT2D eigenvalue weighted by Gasteiger charge is -2.45.